The van der Waals surface area contributed by atoms with Gasteiger partial charge in [0.25, 0.3) is 10.0 Å². The number of hydrogen-bond acceptors (Lipinski definition) is 7. The molecule has 9 nitrogen and oxygen atoms in total. The van der Waals surface area contributed by atoms with Crippen LogP contribution in [-0.2, 0) is 24.3 Å². The number of sulfonamides is 1. The predicted molar refractivity (Wildman–Crippen MR) is 116 cm³/mol. The summed E-state index contributed by atoms with van der Waals surface area (Å²) in [6.07, 6.45) is 0.00813. The number of rotatable bonds is 7. The van der Waals surface area contributed by atoms with Gasteiger partial charge in [0.05, 0.1) is 24.2 Å². The minimum absolute atomic E-state index is 0.0613. The highest BCUT2D eigenvalue weighted by atomic mass is 32.2. The highest BCUT2D eigenvalue weighted by Gasteiger charge is 2.44. The van der Waals surface area contributed by atoms with Crippen molar-refractivity contribution in [1.29, 1.82) is 0 Å². The van der Waals surface area contributed by atoms with Crippen LogP contribution in [0.25, 0.3) is 0 Å². The number of carbonyl (C=O) groups excluding carboxylic acids is 3. The molecular weight excluding hydrogens is 436 g/mol. The maximum atomic E-state index is 13.2. The summed E-state index contributed by atoms with van der Waals surface area (Å²) < 4.78 is 37.1. The van der Waals surface area contributed by atoms with Crippen LogP contribution < -0.4 is 10.1 Å². The Labute approximate surface area is 186 Å². The van der Waals surface area contributed by atoms with Crippen molar-refractivity contribution in [3.05, 3.63) is 53.6 Å². The van der Waals surface area contributed by atoms with E-state index >= 15 is 0 Å². The van der Waals surface area contributed by atoms with Crippen LogP contribution in [0.2, 0.25) is 0 Å². The summed E-state index contributed by atoms with van der Waals surface area (Å²) in [5, 5.41) is 2.62. The van der Waals surface area contributed by atoms with Crippen molar-refractivity contribution in [3.8, 4) is 5.75 Å². The van der Waals surface area contributed by atoms with E-state index in [4.69, 9.17) is 9.47 Å². The van der Waals surface area contributed by atoms with Gasteiger partial charge in [0.15, 0.2) is 0 Å². The number of anilines is 1. The first kappa shape index (κ1) is 23.3. The highest BCUT2D eigenvalue weighted by molar-refractivity contribution is 7.89. The number of aryl methyl sites for hydroxylation is 1. The Morgan fingerprint density at radius 1 is 1.16 bits per heavy atom. The number of ether oxygens (including phenoxy) is 2. The Morgan fingerprint density at radius 2 is 1.84 bits per heavy atom. The number of amides is 2. The number of esters is 1. The van der Waals surface area contributed by atoms with Crippen molar-refractivity contribution < 1.29 is 32.3 Å². The molecule has 0 aliphatic carbocycles. The Hall–Kier alpha value is -3.40. The molecule has 2 aromatic carbocycles. The van der Waals surface area contributed by atoms with Crippen molar-refractivity contribution in [1.82, 2.24) is 4.31 Å². The molecule has 0 saturated carbocycles. The van der Waals surface area contributed by atoms with Crippen LogP contribution in [0, 0.1) is 6.92 Å². The van der Waals surface area contributed by atoms with Gasteiger partial charge in [0.2, 0.25) is 11.8 Å². The minimum atomic E-state index is -4.24. The van der Waals surface area contributed by atoms with Crippen molar-refractivity contribution in [2.45, 2.75) is 37.6 Å². The largest absolute Gasteiger partial charge is 0.496 e. The lowest BCUT2D eigenvalue weighted by atomic mass is 10.2. The third-order valence-corrected chi connectivity index (χ3v) is 6.88. The quantitative estimate of drug-likeness (QED) is 0.631. The van der Waals surface area contributed by atoms with Crippen molar-refractivity contribution in [3.63, 3.8) is 0 Å². The fraction of sp³-hybridized carbons (Fsp3) is 0.318. The molecule has 0 radical (unpaired) electrons. The maximum absolute atomic E-state index is 13.2. The van der Waals surface area contributed by atoms with Crippen molar-refractivity contribution in [2.24, 2.45) is 0 Å². The fourth-order valence-corrected chi connectivity index (χ4v) is 5.14. The average Bonchev–Trinajstić information content (AvgIpc) is 3.16. The predicted octanol–water partition coefficient (Wildman–Crippen LogP) is 2.50. The summed E-state index contributed by atoms with van der Waals surface area (Å²) in [5.74, 6) is -1.25. The molecule has 1 heterocycles. The molecule has 1 saturated heterocycles. The summed E-state index contributed by atoms with van der Waals surface area (Å²) in [5.41, 5.74) is 1.27. The lowest BCUT2D eigenvalue weighted by Crippen LogP contribution is -2.45. The molecule has 1 fully saturated rings. The smallest absolute Gasteiger partial charge is 0.338 e. The molecule has 10 heteroatoms. The van der Waals surface area contributed by atoms with Gasteiger partial charge in [0.1, 0.15) is 11.8 Å². The summed E-state index contributed by atoms with van der Waals surface area (Å²) in [6.45, 7) is 3.63. The van der Waals surface area contributed by atoms with E-state index < -0.39 is 33.8 Å². The third kappa shape index (κ3) is 4.59. The first-order chi connectivity index (χ1) is 15.2. The van der Waals surface area contributed by atoms with Crippen LogP contribution in [0.3, 0.4) is 0 Å². The number of hydrogen-bond donors (Lipinski definition) is 1. The van der Waals surface area contributed by atoms with Gasteiger partial charge in [-0.3, -0.25) is 9.59 Å². The topological polar surface area (TPSA) is 119 Å². The van der Waals surface area contributed by atoms with E-state index in [2.05, 4.69) is 5.32 Å². The number of nitrogens with zero attached hydrogens (tertiary/aromatic N) is 1. The molecule has 170 valence electrons. The van der Waals surface area contributed by atoms with E-state index in [1.165, 1.54) is 49.6 Å². The van der Waals surface area contributed by atoms with E-state index in [1.807, 2.05) is 0 Å². The number of nitrogens with one attached hydrogen (secondary N) is 1. The Bertz CT molecular complexity index is 1140. The lowest BCUT2D eigenvalue weighted by molar-refractivity contribution is -0.128. The van der Waals surface area contributed by atoms with Gasteiger partial charge in [-0.25, -0.2) is 17.5 Å². The molecule has 3 rings (SSSR count). The second-order valence-electron chi connectivity index (χ2n) is 7.17. The molecule has 1 aliphatic rings. The van der Waals surface area contributed by atoms with Gasteiger partial charge in [0, 0.05) is 12.1 Å². The molecule has 1 aliphatic heterocycles. The van der Waals surface area contributed by atoms with Gasteiger partial charge < -0.3 is 14.8 Å². The van der Waals surface area contributed by atoms with Crippen LogP contribution in [0.15, 0.2) is 47.4 Å². The maximum Gasteiger partial charge on any atom is 0.338 e. The summed E-state index contributed by atoms with van der Waals surface area (Å²) in [7, 11) is -2.77. The van der Waals surface area contributed by atoms with Crippen molar-refractivity contribution in [2.75, 3.05) is 19.0 Å². The van der Waals surface area contributed by atoms with Gasteiger partial charge in [-0.1, -0.05) is 0 Å². The van der Waals surface area contributed by atoms with Gasteiger partial charge in [-0.05, 0) is 68.3 Å². The van der Waals surface area contributed by atoms with Crippen LogP contribution in [0.4, 0.5) is 5.69 Å². The molecule has 2 aromatic rings. The second kappa shape index (κ2) is 9.39. The minimum Gasteiger partial charge on any atom is -0.496 e. The molecule has 0 unspecified atom stereocenters. The zero-order chi connectivity index (χ0) is 23.5. The first-order valence-electron chi connectivity index (χ1n) is 9.99. The van der Waals surface area contributed by atoms with E-state index in [0.717, 1.165) is 0 Å². The Morgan fingerprint density at radius 3 is 2.44 bits per heavy atom. The normalized spacial score (nSPS) is 16.0. The monoisotopic (exact) mass is 460 g/mol. The number of methoxy groups -OCH3 is 1. The van der Waals surface area contributed by atoms with Gasteiger partial charge in [-0.2, -0.15) is 0 Å². The van der Waals surface area contributed by atoms with Crippen LogP contribution >= 0.6 is 0 Å². The van der Waals surface area contributed by atoms with E-state index in [0.29, 0.717) is 26.9 Å². The Kier molecular flexibility index (Phi) is 6.83. The van der Waals surface area contributed by atoms with Crippen LogP contribution in [0.5, 0.6) is 5.75 Å². The van der Waals surface area contributed by atoms with E-state index in [1.54, 1.807) is 13.8 Å². The Balaban J connectivity index is 1.81. The highest BCUT2D eigenvalue weighted by Crippen LogP contribution is 2.30. The van der Waals surface area contributed by atoms with Crippen molar-refractivity contribution >= 4 is 33.5 Å². The molecule has 1 atom stereocenters. The molecule has 1 N–H and O–H groups in total. The van der Waals surface area contributed by atoms with Crippen LogP contribution in [0.1, 0.15) is 35.7 Å². The van der Waals surface area contributed by atoms with E-state index in [-0.39, 0.29) is 24.3 Å². The molecule has 32 heavy (non-hydrogen) atoms. The second-order valence-corrected chi connectivity index (χ2v) is 8.98. The SMILES string of the molecule is CCOC(=O)c1ccc(NC(=O)[C@H]2CCC(=O)N2S(=O)(=O)c2ccc(OC)c(C)c2)cc1. The van der Waals surface area contributed by atoms with Crippen LogP contribution in [-0.4, -0.2) is 50.3 Å². The summed E-state index contributed by atoms with van der Waals surface area (Å²) in [6, 6.07) is 9.06. The molecule has 2 amide bonds. The molecule has 0 spiro atoms. The lowest BCUT2D eigenvalue weighted by Gasteiger charge is -2.24. The van der Waals surface area contributed by atoms with E-state index in [9.17, 15) is 22.8 Å². The number of benzene rings is 2. The molecule has 0 bridgehead atoms. The zero-order valence-corrected chi connectivity index (χ0v) is 18.8. The summed E-state index contributed by atoms with van der Waals surface area (Å²) >= 11 is 0. The van der Waals surface area contributed by atoms with Gasteiger partial charge in [-0.15, -0.1) is 0 Å². The molecular formula is C22H24N2O7S. The standard InChI is InChI=1S/C22H24N2O7S/c1-4-31-22(27)15-5-7-16(8-6-15)23-21(26)18-10-12-20(25)24(18)32(28,29)17-9-11-19(30-3)14(2)13-17/h5-9,11,13,18H,4,10,12H2,1-3H3,(H,23,26)/t18-/m1/s1. The van der Waals surface area contributed by atoms with Gasteiger partial charge >= 0.3 is 5.97 Å². The molecule has 0 aromatic heterocycles. The zero-order valence-electron chi connectivity index (χ0n) is 18.0. The number of carbonyl (C=O) groups is 3. The summed E-state index contributed by atoms with van der Waals surface area (Å²) in [4.78, 5) is 37.0. The first-order valence-corrected chi connectivity index (χ1v) is 11.4. The third-order valence-electron chi connectivity index (χ3n) is 5.05. The average molecular weight is 461 g/mol. The fourth-order valence-electron chi connectivity index (χ4n) is 3.46.